The smallest absolute Gasteiger partial charge is 0.306 e. The van der Waals surface area contributed by atoms with Gasteiger partial charge in [-0.3, -0.25) is 14.4 Å². The third-order valence-electron chi connectivity index (χ3n) is 12.3. The van der Waals surface area contributed by atoms with E-state index in [0.717, 1.165) is 103 Å². The number of hydrogen-bond donors (Lipinski definition) is 0. The van der Waals surface area contributed by atoms with Crippen LogP contribution in [-0.4, -0.2) is 37.2 Å². The molecule has 0 aromatic carbocycles. The monoisotopic (exact) mass is 923 g/mol. The van der Waals surface area contributed by atoms with E-state index in [9.17, 15) is 14.4 Å². The fraction of sp³-hybridized carbons (Fsp3) is 0.783. The Bertz CT molecular complexity index is 1200. The van der Waals surface area contributed by atoms with Crippen molar-refractivity contribution in [1.82, 2.24) is 0 Å². The number of carbonyl (C=O) groups excluding carboxylic acids is 3. The molecule has 1 unspecified atom stereocenters. The number of carbonyl (C=O) groups is 3. The van der Waals surface area contributed by atoms with E-state index in [4.69, 9.17) is 14.2 Å². The second-order valence-electron chi connectivity index (χ2n) is 18.8. The maximum Gasteiger partial charge on any atom is 0.306 e. The summed E-state index contributed by atoms with van der Waals surface area (Å²) in [6.45, 7) is 6.53. The van der Waals surface area contributed by atoms with Gasteiger partial charge in [0.15, 0.2) is 6.10 Å². The van der Waals surface area contributed by atoms with E-state index >= 15 is 0 Å². The minimum Gasteiger partial charge on any atom is -0.462 e. The first-order valence-electron chi connectivity index (χ1n) is 28.3. The maximum absolute atomic E-state index is 12.8. The highest BCUT2D eigenvalue weighted by molar-refractivity contribution is 5.71. The zero-order valence-electron chi connectivity index (χ0n) is 43.7. The topological polar surface area (TPSA) is 78.9 Å². The lowest BCUT2D eigenvalue weighted by molar-refractivity contribution is -0.167. The van der Waals surface area contributed by atoms with Gasteiger partial charge in [-0.1, -0.05) is 242 Å². The summed E-state index contributed by atoms with van der Waals surface area (Å²) in [4.78, 5) is 38.1. The lowest BCUT2D eigenvalue weighted by Gasteiger charge is -2.18. The Morgan fingerprint density at radius 1 is 0.318 bits per heavy atom. The number of ether oxygens (including phenoxy) is 3. The van der Waals surface area contributed by atoms with Crippen LogP contribution in [0.1, 0.15) is 284 Å². The molecule has 6 heteroatoms. The molecule has 0 bridgehead atoms. The van der Waals surface area contributed by atoms with Crippen LogP contribution in [0.2, 0.25) is 0 Å². The van der Waals surface area contributed by atoms with Gasteiger partial charge in [0.1, 0.15) is 13.2 Å². The first kappa shape index (κ1) is 63.1. The fourth-order valence-corrected chi connectivity index (χ4v) is 8.02. The van der Waals surface area contributed by atoms with Crippen molar-refractivity contribution in [3.63, 3.8) is 0 Å². The van der Waals surface area contributed by atoms with Crippen LogP contribution in [0.4, 0.5) is 0 Å². The highest BCUT2D eigenvalue weighted by Crippen LogP contribution is 2.15. The zero-order valence-corrected chi connectivity index (χ0v) is 43.7. The molecule has 6 nitrogen and oxygen atoms in total. The Labute approximate surface area is 409 Å². The van der Waals surface area contributed by atoms with E-state index in [1.807, 2.05) is 0 Å². The van der Waals surface area contributed by atoms with Gasteiger partial charge in [-0.2, -0.15) is 0 Å². The van der Waals surface area contributed by atoms with Gasteiger partial charge in [-0.05, 0) is 83.5 Å². The molecule has 0 N–H and O–H groups in total. The molecule has 0 aromatic heterocycles. The second kappa shape index (κ2) is 54.7. The van der Waals surface area contributed by atoms with Gasteiger partial charge in [0.25, 0.3) is 0 Å². The normalized spacial score (nSPS) is 12.5. The lowest BCUT2D eigenvalue weighted by atomic mass is 10.1. The van der Waals surface area contributed by atoms with Gasteiger partial charge in [-0.15, -0.1) is 0 Å². The Kier molecular flexibility index (Phi) is 52.3. The van der Waals surface area contributed by atoms with Crippen LogP contribution in [-0.2, 0) is 28.6 Å². The van der Waals surface area contributed by atoms with Crippen LogP contribution >= 0.6 is 0 Å². The standard InChI is InChI=1S/C60H106O6/c1-4-7-10-13-16-19-22-24-26-28-29-30-31-32-34-35-38-41-44-47-50-53-59(62)65-56-57(55-64-58(61)52-49-46-43-40-37-21-18-15-12-9-6-3)66-60(63)54-51-48-45-42-39-36-33-27-25-23-20-17-14-11-8-5-2/h7,10,16,19,24,26-27,29-30,33,57H,4-6,8-9,11-15,17-18,20-23,25,28,31-32,34-56H2,1-3H3/b10-7-,19-16-,26-24-,30-29-,33-27-. The minimum absolute atomic E-state index is 0.0776. The molecular formula is C60H106O6. The average molecular weight is 924 g/mol. The van der Waals surface area contributed by atoms with E-state index in [1.54, 1.807) is 0 Å². The SMILES string of the molecule is CC/C=C\C/C=C\C/C=C\C/C=C\CCCCCCCCCCC(=O)OCC(COC(=O)CCCCCCCCCCCCC)OC(=O)CCCCCCC/C=C\CCCCCCCCC. The van der Waals surface area contributed by atoms with Crippen molar-refractivity contribution in [3.8, 4) is 0 Å². The molecule has 0 fully saturated rings. The van der Waals surface area contributed by atoms with Gasteiger partial charge < -0.3 is 14.2 Å². The summed E-state index contributed by atoms with van der Waals surface area (Å²) >= 11 is 0. The van der Waals surface area contributed by atoms with Crippen molar-refractivity contribution in [2.75, 3.05) is 13.2 Å². The quantitative estimate of drug-likeness (QED) is 0.0262. The number of rotatable bonds is 51. The number of unbranched alkanes of at least 4 members (excludes halogenated alkanes) is 30. The Morgan fingerprint density at radius 3 is 0.939 bits per heavy atom. The van der Waals surface area contributed by atoms with Crippen LogP contribution in [0.5, 0.6) is 0 Å². The largest absolute Gasteiger partial charge is 0.462 e. The van der Waals surface area contributed by atoms with Crippen LogP contribution in [0.15, 0.2) is 60.8 Å². The first-order valence-corrected chi connectivity index (χ1v) is 28.3. The fourth-order valence-electron chi connectivity index (χ4n) is 8.02. The van der Waals surface area contributed by atoms with Crippen LogP contribution in [0, 0.1) is 0 Å². The number of esters is 3. The molecule has 0 aliphatic carbocycles. The molecule has 0 aliphatic rings. The summed E-state index contributed by atoms with van der Waals surface area (Å²) in [7, 11) is 0. The first-order chi connectivity index (χ1) is 32.5. The maximum atomic E-state index is 12.8. The van der Waals surface area contributed by atoms with Crippen LogP contribution < -0.4 is 0 Å². The summed E-state index contributed by atoms with van der Waals surface area (Å²) in [5, 5.41) is 0. The molecule has 0 amide bonds. The van der Waals surface area contributed by atoms with Crippen LogP contribution in [0.25, 0.3) is 0 Å². The summed E-state index contributed by atoms with van der Waals surface area (Å²) in [5.41, 5.74) is 0. The summed E-state index contributed by atoms with van der Waals surface area (Å²) in [5.74, 6) is -0.885. The molecule has 0 aromatic rings. The molecule has 1 atom stereocenters. The Balaban J connectivity index is 4.33. The number of allylic oxidation sites excluding steroid dienone is 10. The van der Waals surface area contributed by atoms with E-state index in [2.05, 4.69) is 81.5 Å². The predicted molar refractivity (Wildman–Crippen MR) is 284 cm³/mol. The Morgan fingerprint density at radius 2 is 0.591 bits per heavy atom. The second-order valence-corrected chi connectivity index (χ2v) is 18.8. The molecule has 0 heterocycles. The highest BCUT2D eigenvalue weighted by Gasteiger charge is 2.19. The van der Waals surface area contributed by atoms with E-state index in [-0.39, 0.29) is 31.1 Å². The van der Waals surface area contributed by atoms with Gasteiger partial charge >= 0.3 is 17.9 Å². The van der Waals surface area contributed by atoms with Crippen molar-refractivity contribution in [2.45, 2.75) is 290 Å². The van der Waals surface area contributed by atoms with Crippen LogP contribution in [0.3, 0.4) is 0 Å². The molecule has 0 radical (unpaired) electrons. The van der Waals surface area contributed by atoms with Crippen molar-refractivity contribution >= 4 is 17.9 Å². The third-order valence-corrected chi connectivity index (χ3v) is 12.3. The molecule has 382 valence electrons. The number of hydrogen-bond acceptors (Lipinski definition) is 6. The minimum atomic E-state index is -0.779. The molecule has 0 rings (SSSR count). The van der Waals surface area contributed by atoms with Gasteiger partial charge in [0.05, 0.1) is 0 Å². The van der Waals surface area contributed by atoms with Crippen molar-refractivity contribution in [3.05, 3.63) is 60.8 Å². The lowest BCUT2D eigenvalue weighted by Crippen LogP contribution is -2.30. The molecule has 0 spiro atoms. The molecule has 0 aliphatic heterocycles. The van der Waals surface area contributed by atoms with E-state index < -0.39 is 6.10 Å². The van der Waals surface area contributed by atoms with Gasteiger partial charge in [-0.25, -0.2) is 0 Å². The van der Waals surface area contributed by atoms with Crippen molar-refractivity contribution in [1.29, 1.82) is 0 Å². The van der Waals surface area contributed by atoms with Gasteiger partial charge in [0.2, 0.25) is 0 Å². The summed E-state index contributed by atoms with van der Waals surface area (Å²) in [6, 6.07) is 0. The summed E-state index contributed by atoms with van der Waals surface area (Å²) in [6.07, 6.45) is 67.8. The molecular weight excluding hydrogens is 817 g/mol. The predicted octanol–water partition coefficient (Wildman–Crippen LogP) is 18.8. The van der Waals surface area contributed by atoms with E-state index in [0.29, 0.717) is 19.3 Å². The third kappa shape index (κ3) is 52.1. The molecule has 0 saturated heterocycles. The highest BCUT2D eigenvalue weighted by atomic mass is 16.6. The average Bonchev–Trinajstić information content (AvgIpc) is 3.31. The zero-order chi connectivity index (χ0) is 47.9. The Hall–Kier alpha value is -2.89. The van der Waals surface area contributed by atoms with Crippen molar-refractivity contribution < 1.29 is 28.6 Å². The van der Waals surface area contributed by atoms with Gasteiger partial charge in [0, 0.05) is 19.3 Å². The van der Waals surface area contributed by atoms with E-state index in [1.165, 1.54) is 141 Å². The summed E-state index contributed by atoms with van der Waals surface area (Å²) < 4.78 is 16.8. The molecule has 66 heavy (non-hydrogen) atoms. The van der Waals surface area contributed by atoms with Crippen molar-refractivity contribution in [2.24, 2.45) is 0 Å². The molecule has 0 saturated carbocycles.